The number of carboxylic acids is 1. The summed E-state index contributed by atoms with van der Waals surface area (Å²) in [7, 11) is 0. The summed E-state index contributed by atoms with van der Waals surface area (Å²) in [5.41, 5.74) is 3.32. The lowest BCUT2D eigenvalue weighted by molar-refractivity contribution is -0.139. The number of nitrogens with one attached hydrogen (secondary N) is 1. The van der Waals surface area contributed by atoms with Crippen LogP contribution in [0.3, 0.4) is 0 Å². The number of pyridine rings is 1. The minimum atomic E-state index is -4.56. The topological polar surface area (TPSA) is 88.5 Å². The normalized spacial score (nSPS) is 12.2. The van der Waals surface area contributed by atoms with Crippen LogP contribution in [0.4, 0.5) is 13.2 Å². The smallest absolute Gasteiger partial charge is 0.418 e. The number of hydrogen-bond donors (Lipinski definition) is 2. The Labute approximate surface area is 264 Å². The van der Waals surface area contributed by atoms with E-state index in [0.29, 0.717) is 40.7 Å². The van der Waals surface area contributed by atoms with E-state index in [1.165, 1.54) is 12.3 Å². The maximum Gasteiger partial charge on any atom is 0.418 e. The summed E-state index contributed by atoms with van der Waals surface area (Å²) >= 11 is 0. The number of ether oxygens (including phenoxy) is 1. The standard InChI is InChI=1S/C37H33F3N2O4/c1-23(2)18-32(36(44)45)42-35(43)26-16-14-25(15-17-26)22-46-29-11-6-10-27(20-29)33-28(19-24-8-4-3-5-9-24)21-41-34-30(33)12-7-13-31(34)37(38,39)40/h3-17,20-21,23,32H,18-19,22H2,1-2H3,(H,42,43)(H,44,45)/t32-/m0/s1. The number of alkyl halides is 3. The van der Waals surface area contributed by atoms with Crippen LogP contribution in [0.15, 0.2) is 103 Å². The molecule has 1 amide bonds. The van der Waals surface area contributed by atoms with Gasteiger partial charge in [-0.05, 0) is 76.9 Å². The fourth-order valence-electron chi connectivity index (χ4n) is 5.38. The number of carbonyl (C=O) groups is 2. The van der Waals surface area contributed by atoms with Gasteiger partial charge in [0, 0.05) is 17.1 Å². The molecule has 1 atom stereocenters. The Morgan fingerprint density at radius 2 is 1.61 bits per heavy atom. The van der Waals surface area contributed by atoms with Crippen LogP contribution < -0.4 is 10.1 Å². The van der Waals surface area contributed by atoms with Gasteiger partial charge in [-0.3, -0.25) is 9.78 Å². The minimum Gasteiger partial charge on any atom is -0.489 e. The fourth-order valence-corrected chi connectivity index (χ4v) is 5.38. The van der Waals surface area contributed by atoms with Crippen LogP contribution >= 0.6 is 0 Å². The Morgan fingerprint density at radius 3 is 2.28 bits per heavy atom. The summed E-state index contributed by atoms with van der Waals surface area (Å²) in [4.78, 5) is 28.4. The Kier molecular flexibility index (Phi) is 9.70. The van der Waals surface area contributed by atoms with Gasteiger partial charge in [0.1, 0.15) is 18.4 Å². The van der Waals surface area contributed by atoms with Crippen molar-refractivity contribution in [3.8, 4) is 16.9 Å². The summed E-state index contributed by atoms with van der Waals surface area (Å²) in [6.07, 6.45) is -2.24. The van der Waals surface area contributed by atoms with Crippen LogP contribution in [0.1, 0.15) is 52.9 Å². The molecule has 0 aliphatic heterocycles. The lowest BCUT2D eigenvalue weighted by Crippen LogP contribution is -2.41. The van der Waals surface area contributed by atoms with Gasteiger partial charge in [0.2, 0.25) is 0 Å². The van der Waals surface area contributed by atoms with Crippen molar-refractivity contribution in [2.45, 2.75) is 45.5 Å². The van der Waals surface area contributed by atoms with E-state index in [2.05, 4.69) is 10.3 Å². The molecule has 5 aromatic rings. The molecule has 4 aromatic carbocycles. The molecule has 1 heterocycles. The summed E-state index contributed by atoms with van der Waals surface area (Å²) in [6.45, 7) is 3.95. The molecule has 9 heteroatoms. The van der Waals surface area contributed by atoms with Gasteiger partial charge in [-0.2, -0.15) is 13.2 Å². The van der Waals surface area contributed by atoms with Gasteiger partial charge in [0.05, 0.1) is 11.1 Å². The zero-order chi connectivity index (χ0) is 32.8. The second-order valence-corrected chi connectivity index (χ2v) is 11.5. The van der Waals surface area contributed by atoms with E-state index in [9.17, 15) is 27.9 Å². The van der Waals surface area contributed by atoms with Gasteiger partial charge in [0.25, 0.3) is 5.91 Å². The highest BCUT2D eigenvalue weighted by Crippen LogP contribution is 2.39. The lowest BCUT2D eigenvalue weighted by Gasteiger charge is -2.17. The summed E-state index contributed by atoms with van der Waals surface area (Å²) < 4.78 is 47.8. The van der Waals surface area contributed by atoms with E-state index in [4.69, 9.17) is 4.74 Å². The van der Waals surface area contributed by atoms with Crippen molar-refractivity contribution in [2.24, 2.45) is 5.92 Å². The van der Waals surface area contributed by atoms with E-state index in [1.54, 1.807) is 48.5 Å². The highest BCUT2D eigenvalue weighted by molar-refractivity contribution is 5.98. The number of aliphatic carboxylic acids is 1. The van der Waals surface area contributed by atoms with Crippen LogP contribution in [0.25, 0.3) is 22.0 Å². The quantitative estimate of drug-likeness (QED) is 0.154. The first kappa shape index (κ1) is 32.2. The molecule has 236 valence electrons. The number of carbonyl (C=O) groups excluding carboxylic acids is 1. The molecular formula is C37H33F3N2O4. The molecule has 0 fully saturated rings. The summed E-state index contributed by atoms with van der Waals surface area (Å²) in [6, 6.07) is 26.7. The molecule has 0 unspecified atom stereocenters. The number of benzene rings is 4. The maximum absolute atomic E-state index is 13.9. The van der Waals surface area contributed by atoms with E-state index < -0.39 is 29.7 Å². The monoisotopic (exact) mass is 626 g/mol. The lowest BCUT2D eigenvalue weighted by atomic mass is 9.92. The molecule has 0 bridgehead atoms. The number of fused-ring (bicyclic) bond motifs is 1. The van der Waals surface area contributed by atoms with Crippen molar-refractivity contribution in [3.05, 3.63) is 131 Å². The predicted molar refractivity (Wildman–Crippen MR) is 171 cm³/mol. The molecule has 1 aromatic heterocycles. The fraction of sp³-hybridized carbons (Fsp3) is 0.216. The maximum atomic E-state index is 13.9. The van der Waals surface area contributed by atoms with Gasteiger partial charge >= 0.3 is 12.1 Å². The highest BCUT2D eigenvalue weighted by Gasteiger charge is 2.33. The van der Waals surface area contributed by atoms with Gasteiger partial charge in [0.15, 0.2) is 0 Å². The van der Waals surface area contributed by atoms with Crippen LogP contribution in [0, 0.1) is 5.92 Å². The first-order valence-corrected chi connectivity index (χ1v) is 14.9. The Hall–Kier alpha value is -5.18. The molecule has 6 nitrogen and oxygen atoms in total. The molecule has 46 heavy (non-hydrogen) atoms. The molecule has 0 radical (unpaired) electrons. The molecule has 0 saturated heterocycles. The van der Waals surface area contributed by atoms with Gasteiger partial charge < -0.3 is 15.2 Å². The Morgan fingerprint density at radius 1 is 0.891 bits per heavy atom. The SMILES string of the molecule is CC(C)C[C@H](NC(=O)c1ccc(COc2cccc(-c3c(Cc4ccccc4)cnc4c(C(F)(F)F)cccc34)c2)cc1)C(=O)O. The largest absolute Gasteiger partial charge is 0.489 e. The third kappa shape index (κ3) is 7.72. The number of aromatic nitrogens is 1. The Balaban J connectivity index is 1.40. The van der Waals surface area contributed by atoms with Crippen molar-refractivity contribution in [3.63, 3.8) is 0 Å². The van der Waals surface area contributed by atoms with Crippen molar-refractivity contribution < 1.29 is 32.6 Å². The second-order valence-electron chi connectivity index (χ2n) is 11.5. The molecule has 5 rings (SSSR count). The first-order chi connectivity index (χ1) is 22.0. The van der Waals surface area contributed by atoms with E-state index in [-0.39, 0.29) is 18.0 Å². The number of nitrogens with zero attached hydrogens (tertiary/aromatic N) is 1. The number of rotatable bonds is 11. The second kappa shape index (κ2) is 13.9. The van der Waals surface area contributed by atoms with Crippen molar-refractivity contribution in [1.29, 1.82) is 0 Å². The third-order valence-corrected chi connectivity index (χ3v) is 7.57. The summed E-state index contributed by atoms with van der Waals surface area (Å²) in [5, 5.41) is 12.4. The van der Waals surface area contributed by atoms with Gasteiger partial charge in [-0.25, -0.2) is 4.79 Å². The minimum absolute atomic E-state index is 0.101. The number of amides is 1. The molecular weight excluding hydrogens is 593 g/mol. The predicted octanol–water partition coefficient (Wildman–Crippen LogP) is 8.32. The average molecular weight is 627 g/mol. The molecule has 0 spiro atoms. The van der Waals surface area contributed by atoms with E-state index in [1.807, 2.05) is 50.2 Å². The van der Waals surface area contributed by atoms with Crippen LogP contribution in [-0.2, 0) is 24.0 Å². The first-order valence-electron chi connectivity index (χ1n) is 14.9. The van der Waals surface area contributed by atoms with Crippen LogP contribution in [-0.4, -0.2) is 28.0 Å². The van der Waals surface area contributed by atoms with Gasteiger partial charge in [-0.1, -0.05) is 80.6 Å². The average Bonchev–Trinajstić information content (AvgIpc) is 3.03. The van der Waals surface area contributed by atoms with Crippen LogP contribution in [0.5, 0.6) is 5.75 Å². The third-order valence-electron chi connectivity index (χ3n) is 7.57. The highest BCUT2D eigenvalue weighted by atomic mass is 19.4. The summed E-state index contributed by atoms with van der Waals surface area (Å²) in [5.74, 6) is -0.941. The van der Waals surface area contributed by atoms with Gasteiger partial charge in [-0.15, -0.1) is 0 Å². The Bertz CT molecular complexity index is 1840. The number of para-hydroxylation sites is 1. The number of hydrogen-bond acceptors (Lipinski definition) is 4. The van der Waals surface area contributed by atoms with E-state index in [0.717, 1.165) is 22.8 Å². The molecule has 2 N–H and O–H groups in total. The zero-order valence-corrected chi connectivity index (χ0v) is 25.3. The number of carboxylic acid groups (broad SMARTS) is 1. The van der Waals surface area contributed by atoms with E-state index >= 15 is 0 Å². The molecule has 0 saturated carbocycles. The van der Waals surface area contributed by atoms with Crippen molar-refractivity contribution in [1.82, 2.24) is 10.3 Å². The van der Waals surface area contributed by atoms with Crippen molar-refractivity contribution >= 4 is 22.8 Å². The molecule has 0 aliphatic rings. The van der Waals surface area contributed by atoms with Crippen molar-refractivity contribution in [2.75, 3.05) is 0 Å². The zero-order valence-electron chi connectivity index (χ0n) is 25.3. The van der Waals surface area contributed by atoms with Crippen LogP contribution in [0.2, 0.25) is 0 Å². The molecule has 0 aliphatic carbocycles. The number of halogens is 3.